The molecule has 0 aliphatic carbocycles. The third-order valence-electron chi connectivity index (χ3n) is 2.26. The monoisotopic (exact) mass is 139 g/mol. The van der Waals surface area contributed by atoms with Crippen LogP contribution >= 0.6 is 0 Å². The summed E-state index contributed by atoms with van der Waals surface area (Å²) < 4.78 is 5.36. The maximum atomic E-state index is 5.36. The fourth-order valence-corrected chi connectivity index (χ4v) is 1.61. The largest absolute Gasteiger partial charge is 0.378 e. The van der Waals surface area contributed by atoms with Crippen molar-refractivity contribution in [2.24, 2.45) is 0 Å². The van der Waals surface area contributed by atoms with Crippen LogP contribution in [0.15, 0.2) is 12.2 Å². The van der Waals surface area contributed by atoms with E-state index in [4.69, 9.17) is 4.74 Å². The summed E-state index contributed by atoms with van der Waals surface area (Å²) in [5.74, 6) is 0. The molecule has 0 bridgehead atoms. The summed E-state index contributed by atoms with van der Waals surface area (Å²) >= 11 is 0. The van der Waals surface area contributed by atoms with E-state index in [0.29, 0.717) is 6.04 Å². The van der Waals surface area contributed by atoms with Crippen LogP contribution in [0.1, 0.15) is 6.42 Å². The van der Waals surface area contributed by atoms with Crippen molar-refractivity contribution in [2.75, 3.05) is 26.3 Å². The number of hydrogen-bond acceptors (Lipinski definition) is 2. The van der Waals surface area contributed by atoms with Crippen LogP contribution in [0, 0.1) is 0 Å². The van der Waals surface area contributed by atoms with Gasteiger partial charge in [0.2, 0.25) is 0 Å². The zero-order valence-electron chi connectivity index (χ0n) is 6.12. The number of morpholine rings is 1. The molecule has 10 heavy (non-hydrogen) atoms. The van der Waals surface area contributed by atoms with E-state index in [1.165, 1.54) is 6.42 Å². The van der Waals surface area contributed by atoms with Gasteiger partial charge in [0.15, 0.2) is 0 Å². The van der Waals surface area contributed by atoms with Crippen molar-refractivity contribution in [3.8, 4) is 0 Å². The highest BCUT2D eigenvalue weighted by atomic mass is 16.5. The third-order valence-corrected chi connectivity index (χ3v) is 2.26. The van der Waals surface area contributed by atoms with Crippen LogP contribution in [0.2, 0.25) is 0 Å². The van der Waals surface area contributed by atoms with E-state index < -0.39 is 0 Å². The maximum absolute atomic E-state index is 5.36. The first-order valence-corrected chi connectivity index (χ1v) is 3.93. The lowest BCUT2D eigenvalue weighted by Crippen LogP contribution is -2.46. The molecule has 2 aliphatic rings. The Morgan fingerprint density at radius 3 is 3.30 bits per heavy atom. The topological polar surface area (TPSA) is 12.5 Å². The minimum atomic E-state index is 0.679. The summed E-state index contributed by atoms with van der Waals surface area (Å²) in [6, 6.07) is 0.679. The summed E-state index contributed by atoms with van der Waals surface area (Å²) in [6.45, 7) is 4.11. The average Bonchev–Trinajstić information content (AvgIpc) is 2.05. The molecule has 2 heteroatoms. The third kappa shape index (κ3) is 1.09. The maximum Gasteiger partial charge on any atom is 0.0625 e. The number of hydrogen-bond donors (Lipinski definition) is 0. The predicted molar refractivity (Wildman–Crippen MR) is 39.9 cm³/mol. The van der Waals surface area contributed by atoms with Gasteiger partial charge in [0, 0.05) is 19.1 Å². The molecule has 0 N–H and O–H groups in total. The molecule has 2 rings (SSSR count). The molecule has 2 heterocycles. The zero-order valence-corrected chi connectivity index (χ0v) is 6.12. The van der Waals surface area contributed by atoms with Crippen molar-refractivity contribution in [3.05, 3.63) is 12.2 Å². The predicted octanol–water partition coefficient (Wildman–Crippen LogP) is 0.647. The summed E-state index contributed by atoms with van der Waals surface area (Å²) in [7, 11) is 0. The molecule has 0 aromatic carbocycles. The van der Waals surface area contributed by atoms with E-state index in [1.54, 1.807) is 0 Å². The van der Waals surface area contributed by atoms with Crippen molar-refractivity contribution in [1.29, 1.82) is 0 Å². The van der Waals surface area contributed by atoms with Crippen LogP contribution in [0.3, 0.4) is 0 Å². The number of ether oxygens (including phenoxy) is 1. The fourth-order valence-electron chi connectivity index (χ4n) is 1.61. The SMILES string of the molecule is C1=CCN2CCOCC2C1. The number of nitrogens with zero attached hydrogens (tertiary/aromatic N) is 1. The van der Waals surface area contributed by atoms with Crippen molar-refractivity contribution in [2.45, 2.75) is 12.5 Å². The molecule has 0 aromatic rings. The minimum Gasteiger partial charge on any atom is -0.378 e. The molecule has 1 unspecified atom stereocenters. The molecular formula is C8H13NO. The Kier molecular flexibility index (Phi) is 1.74. The van der Waals surface area contributed by atoms with Crippen LogP contribution in [-0.4, -0.2) is 37.2 Å². The summed E-state index contributed by atoms with van der Waals surface area (Å²) in [5, 5.41) is 0. The first-order valence-electron chi connectivity index (χ1n) is 3.93. The second-order valence-corrected chi connectivity index (χ2v) is 2.93. The van der Waals surface area contributed by atoms with Gasteiger partial charge in [0.1, 0.15) is 0 Å². The van der Waals surface area contributed by atoms with Crippen molar-refractivity contribution < 1.29 is 4.74 Å². The van der Waals surface area contributed by atoms with Gasteiger partial charge < -0.3 is 4.74 Å². The Labute approximate surface area is 61.5 Å². The Morgan fingerprint density at radius 2 is 2.40 bits per heavy atom. The molecule has 1 saturated heterocycles. The number of fused-ring (bicyclic) bond motifs is 1. The van der Waals surface area contributed by atoms with Gasteiger partial charge in [-0.1, -0.05) is 12.2 Å². The zero-order chi connectivity index (χ0) is 6.81. The Hall–Kier alpha value is -0.340. The normalized spacial score (nSPS) is 33.8. The summed E-state index contributed by atoms with van der Waals surface area (Å²) in [4.78, 5) is 2.49. The van der Waals surface area contributed by atoms with Crippen LogP contribution in [0.5, 0.6) is 0 Å². The molecule has 1 atom stereocenters. The second-order valence-electron chi connectivity index (χ2n) is 2.93. The highest BCUT2D eigenvalue weighted by Crippen LogP contribution is 2.14. The van der Waals surface area contributed by atoms with Crippen molar-refractivity contribution in [1.82, 2.24) is 4.90 Å². The molecule has 56 valence electrons. The van der Waals surface area contributed by atoms with E-state index in [2.05, 4.69) is 17.1 Å². The van der Waals surface area contributed by atoms with Gasteiger partial charge in [-0.05, 0) is 6.42 Å². The van der Waals surface area contributed by atoms with Gasteiger partial charge in [0.05, 0.1) is 13.2 Å². The lowest BCUT2D eigenvalue weighted by molar-refractivity contribution is -0.00341. The molecule has 2 nitrogen and oxygen atoms in total. The minimum absolute atomic E-state index is 0.679. The molecule has 0 aromatic heterocycles. The van der Waals surface area contributed by atoms with E-state index in [0.717, 1.165) is 26.3 Å². The number of rotatable bonds is 0. The van der Waals surface area contributed by atoms with Gasteiger partial charge >= 0.3 is 0 Å². The first kappa shape index (κ1) is 6.38. The molecule has 0 spiro atoms. The Morgan fingerprint density at radius 1 is 1.40 bits per heavy atom. The van der Waals surface area contributed by atoms with Gasteiger partial charge in [-0.2, -0.15) is 0 Å². The van der Waals surface area contributed by atoms with Gasteiger partial charge in [-0.25, -0.2) is 0 Å². The van der Waals surface area contributed by atoms with Crippen LogP contribution in [0.4, 0.5) is 0 Å². The van der Waals surface area contributed by atoms with Crippen LogP contribution in [0.25, 0.3) is 0 Å². The highest BCUT2D eigenvalue weighted by molar-refractivity contribution is 4.97. The lowest BCUT2D eigenvalue weighted by Gasteiger charge is -2.36. The molecule has 1 fully saturated rings. The molecule has 2 aliphatic heterocycles. The van der Waals surface area contributed by atoms with Crippen molar-refractivity contribution in [3.63, 3.8) is 0 Å². The van der Waals surface area contributed by atoms with Crippen LogP contribution < -0.4 is 0 Å². The Bertz CT molecular complexity index is 128. The Balaban J connectivity index is 2.01. The summed E-state index contributed by atoms with van der Waals surface area (Å²) in [5.41, 5.74) is 0. The first-order chi connectivity index (χ1) is 4.97. The van der Waals surface area contributed by atoms with Crippen LogP contribution in [-0.2, 0) is 4.74 Å². The van der Waals surface area contributed by atoms with E-state index in [1.807, 2.05) is 0 Å². The van der Waals surface area contributed by atoms with Gasteiger partial charge in [0.25, 0.3) is 0 Å². The highest BCUT2D eigenvalue weighted by Gasteiger charge is 2.22. The lowest BCUT2D eigenvalue weighted by atomic mass is 10.1. The van der Waals surface area contributed by atoms with E-state index in [9.17, 15) is 0 Å². The van der Waals surface area contributed by atoms with E-state index in [-0.39, 0.29) is 0 Å². The molecule has 0 saturated carbocycles. The smallest absolute Gasteiger partial charge is 0.0625 e. The summed E-state index contributed by atoms with van der Waals surface area (Å²) in [6.07, 6.45) is 5.69. The van der Waals surface area contributed by atoms with Crippen molar-refractivity contribution >= 4 is 0 Å². The standard InChI is InChI=1S/C8H13NO/c1-2-4-9-5-6-10-7-8(9)3-1/h1-2,8H,3-7H2. The van der Waals surface area contributed by atoms with E-state index >= 15 is 0 Å². The quantitative estimate of drug-likeness (QED) is 0.457. The van der Waals surface area contributed by atoms with Gasteiger partial charge in [-0.3, -0.25) is 4.90 Å². The molecule has 0 amide bonds. The second kappa shape index (κ2) is 2.72. The average molecular weight is 139 g/mol. The molecular weight excluding hydrogens is 126 g/mol. The van der Waals surface area contributed by atoms with Gasteiger partial charge in [-0.15, -0.1) is 0 Å². The molecule has 0 radical (unpaired) electrons. The fraction of sp³-hybridized carbons (Fsp3) is 0.750.